The van der Waals surface area contributed by atoms with E-state index in [0.29, 0.717) is 16.5 Å². The van der Waals surface area contributed by atoms with Crippen LogP contribution in [-0.2, 0) is 11.3 Å². The Labute approximate surface area is 122 Å². The van der Waals surface area contributed by atoms with Gasteiger partial charge in [-0.05, 0) is 17.7 Å². The van der Waals surface area contributed by atoms with E-state index < -0.39 is 0 Å². The molecule has 1 amide bonds. The highest BCUT2D eigenvalue weighted by atomic mass is 35.5. The number of piperazine rings is 1. The topological polar surface area (TPSA) is 58.4 Å². The van der Waals surface area contributed by atoms with Gasteiger partial charge in [-0.25, -0.2) is 0 Å². The van der Waals surface area contributed by atoms with Crippen molar-refractivity contribution in [3.8, 4) is 0 Å². The fourth-order valence-electron chi connectivity index (χ4n) is 2.31. The number of carbonyl (C=O) groups is 1. The number of amides is 1. The quantitative estimate of drug-likeness (QED) is 0.889. The summed E-state index contributed by atoms with van der Waals surface area (Å²) in [6.45, 7) is 3.41. The molecule has 3 N–H and O–H groups in total. The van der Waals surface area contributed by atoms with E-state index in [-0.39, 0.29) is 11.9 Å². The van der Waals surface area contributed by atoms with Gasteiger partial charge in [-0.1, -0.05) is 29.3 Å². The lowest BCUT2D eigenvalue weighted by Gasteiger charge is -2.33. The maximum Gasteiger partial charge on any atom is 0.219 e. The van der Waals surface area contributed by atoms with Gasteiger partial charge in [-0.15, -0.1) is 0 Å². The highest BCUT2D eigenvalue weighted by molar-refractivity contribution is 6.42. The molecule has 0 radical (unpaired) electrons. The van der Waals surface area contributed by atoms with Crippen LogP contribution >= 0.6 is 23.2 Å². The number of rotatable bonds is 4. The standard InChI is InChI=1S/C13H17Cl2N3O/c14-11-2-1-9(5-12(11)15)7-18-4-3-17-10(8-18)6-13(16)19/h1-2,5,10,17H,3-4,6-8H2,(H2,16,19). The van der Waals surface area contributed by atoms with Crippen molar-refractivity contribution in [2.75, 3.05) is 19.6 Å². The van der Waals surface area contributed by atoms with Crippen LogP contribution in [0.25, 0.3) is 0 Å². The van der Waals surface area contributed by atoms with Crippen molar-refractivity contribution in [1.82, 2.24) is 10.2 Å². The molecule has 1 atom stereocenters. The van der Waals surface area contributed by atoms with Crippen LogP contribution in [0.5, 0.6) is 0 Å². The summed E-state index contributed by atoms with van der Waals surface area (Å²) < 4.78 is 0. The number of nitrogens with zero attached hydrogens (tertiary/aromatic N) is 1. The maximum absolute atomic E-state index is 10.9. The van der Waals surface area contributed by atoms with Crippen molar-refractivity contribution in [2.45, 2.75) is 19.0 Å². The fraction of sp³-hybridized carbons (Fsp3) is 0.462. The molecular weight excluding hydrogens is 285 g/mol. The zero-order chi connectivity index (χ0) is 13.8. The number of halogens is 2. The molecule has 1 saturated heterocycles. The van der Waals surface area contributed by atoms with E-state index in [4.69, 9.17) is 28.9 Å². The largest absolute Gasteiger partial charge is 0.370 e. The van der Waals surface area contributed by atoms with Crippen molar-refractivity contribution >= 4 is 29.1 Å². The van der Waals surface area contributed by atoms with Gasteiger partial charge in [0.25, 0.3) is 0 Å². The van der Waals surface area contributed by atoms with Crippen molar-refractivity contribution in [3.63, 3.8) is 0 Å². The Morgan fingerprint density at radius 3 is 2.89 bits per heavy atom. The average Bonchev–Trinajstić information content (AvgIpc) is 2.33. The molecule has 1 aromatic carbocycles. The van der Waals surface area contributed by atoms with Crippen LogP contribution in [0.3, 0.4) is 0 Å². The van der Waals surface area contributed by atoms with Crippen molar-refractivity contribution < 1.29 is 4.79 Å². The molecule has 4 nitrogen and oxygen atoms in total. The molecule has 0 aliphatic carbocycles. The molecule has 2 rings (SSSR count). The molecule has 1 fully saturated rings. The minimum absolute atomic E-state index is 0.133. The zero-order valence-corrected chi connectivity index (χ0v) is 12.0. The first-order chi connectivity index (χ1) is 9.04. The van der Waals surface area contributed by atoms with Crippen LogP contribution < -0.4 is 11.1 Å². The second-order valence-electron chi connectivity index (χ2n) is 4.81. The summed E-state index contributed by atoms with van der Waals surface area (Å²) in [5, 5.41) is 4.44. The van der Waals surface area contributed by atoms with Crippen LogP contribution in [-0.4, -0.2) is 36.5 Å². The summed E-state index contributed by atoms with van der Waals surface area (Å²) >= 11 is 11.9. The van der Waals surface area contributed by atoms with Gasteiger partial charge in [0, 0.05) is 38.6 Å². The second kappa shape index (κ2) is 6.57. The Balaban J connectivity index is 1.94. The Bertz CT molecular complexity index is 467. The first kappa shape index (κ1) is 14.6. The number of nitrogens with one attached hydrogen (secondary N) is 1. The molecular formula is C13H17Cl2N3O. The lowest BCUT2D eigenvalue weighted by atomic mass is 10.1. The van der Waals surface area contributed by atoms with Crippen LogP contribution in [0.1, 0.15) is 12.0 Å². The highest BCUT2D eigenvalue weighted by Crippen LogP contribution is 2.23. The molecule has 0 saturated carbocycles. The maximum atomic E-state index is 10.9. The van der Waals surface area contributed by atoms with Gasteiger partial charge in [0.2, 0.25) is 5.91 Å². The number of primary amides is 1. The van der Waals surface area contributed by atoms with Crippen LogP contribution in [0, 0.1) is 0 Å². The SMILES string of the molecule is NC(=O)CC1CN(Cc2ccc(Cl)c(Cl)c2)CCN1. The Morgan fingerprint density at radius 1 is 1.42 bits per heavy atom. The highest BCUT2D eigenvalue weighted by Gasteiger charge is 2.20. The van der Waals surface area contributed by atoms with E-state index in [9.17, 15) is 4.79 Å². The molecule has 1 aromatic rings. The first-order valence-electron chi connectivity index (χ1n) is 6.22. The molecule has 1 unspecified atom stereocenters. The van der Waals surface area contributed by atoms with Crippen molar-refractivity contribution in [1.29, 1.82) is 0 Å². The number of benzene rings is 1. The Hall–Kier alpha value is -0.810. The lowest BCUT2D eigenvalue weighted by Crippen LogP contribution is -2.51. The van der Waals surface area contributed by atoms with Crippen LogP contribution in [0.15, 0.2) is 18.2 Å². The first-order valence-corrected chi connectivity index (χ1v) is 6.98. The summed E-state index contributed by atoms with van der Waals surface area (Å²) in [5.74, 6) is -0.270. The minimum atomic E-state index is -0.270. The Kier molecular flexibility index (Phi) is 5.05. The normalized spacial score (nSPS) is 20.4. The molecule has 1 heterocycles. The summed E-state index contributed by atoms with van der Waals surface area (Å²) in [5.41, 5.74) is 6.35. The van der Waals surface area contributed by atoms with Gasteiger partial charge >= 0.3 is 0 Å². The van der Waals surface area contributed by atoms with Gasteiger partial charge in [-0.3, -0.25) is 9.69 Å². The third kappa shape index (κ3) is 4.35. The number of hydrogen-bond acceptors (Lipinski definition) is 3. The van der Waals surface area contributed by atoms with E-state index in [0.717, 1.165) is 31.7 Å². The number of hydrogen-bond donors (Lipinski definition) is 2. The molecule has 6 heteroatoms. The fourth-order valence-corrected chi connectivity index (χ4v) is 2.63. The van der Waals surface area contributed by atoms with Crippen molar-refractivity contribution in [2.24, 2.45) is 5.73 Å². The van der Waals surface area contributed by atoms with E-state index in [1.807, 2.05) is 18.2 Å². The molecule has 1 aliphatic rings. The molecule has 0 bridgehead atoms. The Morgan fingerprint density at radius 2 is 2.21 bits per heavy atom. The van der Waals surface area contributed by atoms with Crippen LogP contribution in [0.2, 0.25) is 10.0 Å². The van der Waals surface area contributed by atoms with Gasteiger partial charge < -0.3 is 11.1 Å². The zero-order valence-electron chi connectivity index (χ0n) is 10.5. The summed E-state index contributed by atoms with van der Waals surface area (Å²) in [4.78, 5) is 13.2. The van der Waals surface area contributed by atoms with Gasteiger partial charge in [-0.2, -0.15) is 0 Å². The van der Waals surface area contributed by atoms with Gasteiger partial charge in [0.05, 0.1) is 10.0 Å². The summed E-state index contributed by atoms with van der Waals surface area (Å²) in [6.07, 6.45) is 0.373. The second-order valence-corrected chi connectivity index (χ2v) is 5.62. The third-order valence-corrected chi connectivity index (χ3v) is 3.92. The molecule has 104 valence electrons. The molecule has 0 aromatic heterocycles. The van der Waals surface area contributed by atoms with Crippen molar-refractivity contribution in [3.05, 3.63) is 33.8 Å². The minimum Gasteiger partial charge on any atom is -0.370 e. The van der Waals surface area contributed by atoms with E-state index in [2.05, 4.69) is 10.2 Å². The van der Waals surface area contributed by atoms with E-state index in [1.54, 1.807) is 0 Å². The smallest absolute Gasteiger partial charge is 0.219 e. The van der Waals surface area contributed by atoms with Gasteiger partial charge in [0.1, 0.15) is 0 Å². The molecule has 1 aliphatic heterocycles. The third-order valence-electron chi connectivity index (χ3n) is 3.18. The molecule has 19 heavy (non-hydrogen) atoms. The predicted octanol–water partition coefficient (Wildman–Crippen LogP) is 1.64. The predicted molar refractivity (Wildman–Crippen MR) is 77.3 cm³/mol. The number of nitrogens with two attached hydrogens (primary N) is 1. The summed E-state index contributed by atoms with van der Waals surface area (Å²) in [6, 6.07) is 5.80. The molecule has 0 spiro atoms. The lowest BCUT2D eigenvalue weighted by molar-refractivity contribution is -0.118. The average molecular weight is 302 g/mol. The monoisotopic (exact) mass is 301 g/mol. The summed E-state index contributed by atoms with van der Waals surface area (Å²) in [7, 11) is 0. The number of carbonyl (C=O) groups excluding carboxylic acids is 1. The van der Waals surface area contributed by atoms with E-state index in [1.165, 1.54) is 0 Å². The van der Waals surface area contributed by atoms with Crippen LogP contribution in [0.4, 0.5) is 0 Å². The van der Waals surface area contributed by atoms with E-state index >= 15 is 0 Å². The van der Waals surface area contributed by atoms with Gasteiger partial charge in [0.15, 0.2) is 0 Å².